The van der Waals surface area contributed by atoms with Gasteiger partial charge in [-0.3, -0.25) is 14.6 Å². The Morgan fingerprint density at radius 3 is 2.67 bits per heavy atom. The number of likely N-dealkylation sites (N-methyl/N-ethyl adjacent to an activating group) is 1. The van der Waals surface area contributed by atoms with Gasteiger partial charge in [-0.2, -0.15) is 0 Å². The molecule has 9 nitrogen and oxygen atoms in total. The number of pyridine rings is 1. The van der Waals surface area contributed by atoms with Crippen molar-refractivity contribution in [1.29, 1.82) is 0 Å². The molecule has 3 amide bonds. The first kappa shape index (κ1) is 18.8. The summed E-state index contributed by atoms with van der Waals surface area (Å²) in [5, 5.41) is 0.292. The lowest BCUT2D eigenvalue weighted by Crippen LogP contribution is -2.30. The van der Waals surface area contributed by atoms with E-state index in [0.717, 1.165) is 23.3 Å². The molecule has 10 heteroatoms. The van der Waals surface area contributed by atoms with Crippen LogP contribution >= 0.6 is 11.6 Å². The zero-order valence-electron chi connectivity index (χ0n) is 16.4. The van der Waals surface area contributed by atoms with E-state index in [0.29, 0.717) is 34.0 Å². The highest BCUT2D eigenvalue weighted by molar-refractivity contribution is 6.29. The Kier molecular flexibility index (Phi) is 4.35. The standard InChI is InChI=1S/C20H19ClN6O3/c1-11(30-17-6-16(21)22-10-23-17)14-8-26-7-13(12-3-4-12)5-15(19(26)24-14)27-9-18(28)25(2)20(27)29/h5-8,10-12H,3-4,9H2,1-2H3. The van der Waals surface area contributed by atoms with Gasteiger partial charge >= 0.3 is 6.03 Å². The van der Waals surface area contributed by atoms with Crippen molar-refractivity contribution in [3.8, 4) is 5.88 Å². The molecule has 1 saturated carbocycles. The van der Waals surface area contributed by atoms with E-state index in [1.54, 1.807) is 0 Å². The lowest BCUT2D eigenvalue weighted by molar-refractivity contribution is -0.123. The van der Waals surface area contributed by atoms with Crippen LogP contribution in [0.15, 0.2) is 30.9 Å². The third-order valence-electron chi connectivity index (χ3n) is 5.42. The van der Waals surface area contributed by atoms with Crippen LogP contribution in [0.3, 0.4) is 0 Å². The Hall–Kier alpha value is -3.20. The minimum Gasteiger partial charge on any atom is -0.468 e. The van der Waals surface area contributed by atoms with Gasteiger partial charge in [0.1, 0.15) is 24.1 Å². The summed E-state index contributed by atoms with van der Waals surface area (Å²) in [6.45, 7) is 1.87. The fraction of sp³-hybridized carbons (Fsp3) is 0.350. The molecule has 2 aliphatic rings. The number of aromatic nitrogens is 4. The zero-order valence-corrected chi connectivity index (χ0v) is 17.2. The number of hydrogen-bond acceptors (Lipinski definition) is 6. The van der Waals surface area contributed by atoms with E-state index in [-0.39, 0.29) is 18.5 Å². The molecule has 0 radical (unpaired) electrons. The van der Waals surface area contributed by atoms with E-state index in [2.05, 4.69) is 9.97 Å². The normalized spacial score (nSPS) is 17.8. The summed E-state index contributed by atoms with van der Waals surface area (Å²) in [6, 6.07) is 3.16. The molecule has 4 heterocycles. The molecule has 2 fully saturated rings. The van der Waals surface area contributed by atoms with Crippen LogP contribution in [0.1, 0.15) is 43.0 Å². The molecule has 1 saturated heterocycles. The lowest BCUT2D eigenvalue weighted by Gasteiger charge is -2.17. The highest BCUT2D eigenvalue weighted by Gasteiger charge is 2.36. The summed E-state index contributed by atoms with van der Waals surface area (Å²) in [5.41, 5.74) is 3.03. The van der Waals surface area contributed by atoms with Crippen molar-refractivity contribution >= 4 is 34.9 Å². The van der Waals surface area contributed by atoms with Crippen LogP contribution in [0, 0.1) is 0 Å². The number of carbonyl (C=O) groups excluding carboxylic acids is 2. The first-order chi connectivity index (χ1) is 14.4. The Labute approximate surface area is 177 Å². The Morgan fingerprint density at radius 1 is 1.20 bits per heavy atom. The van der Waals surface area contributed by atoms with Gasteiger partial charge in [0.2, 0.25) is 11.8 Å². The number of anilines is 1. The maximum absolute atomic E-state index is 12.6. The van der Waals surface area contributed by atoms with Crippen LogP contribution in [0.25, 0.3) is 5.65 Å². The van der Waals surface area contributed by atoms with Crippen molar-refractivity contribution < 1.29 is 14.3 Å². The second-order valence-electron chi connectivity index (χ2n) is 7.59. The van der Waals surface area contributed by atoms with E-state index in [9.17, 15) is 9.59 Å². The average Bonchev–Trinajstić information content (AvgIpc) is 3.43. The Balaban J connectivity index is 1.54. The number of urea groups is 1. The van der Waals surface area contributed by atoms with Crippen molar-refractivity contribution in [3.05, 3.63) is 47.3 Å². The largest absolute Gasteiger partial charge is 0.468 e. The van der Waals surface area contributed by atoms with Crippen LogP contribution in [0.5, 0.6) is 5.88 Å². The van der Waals surface area contributed by atoms with E-state index in [1.165, 1.54) is 24.3 Å². The summed E-state index contributed by atoms with van der Waals surface area (Å²) in [4.78, 5) is 39.9. The first-order valence-corrected chi connectivity index (χ1v) is 10.0. The molecule has 1 aliphatic heterocycles. The Bertz CT molecular complexity index is 1170. The van der Waals surface area contributed by atoms with Gasteiger partial charge in [0.15, 0.2) is 5.65 Å². The van der Waals surface area contributed by atoms with Crippen molar-refractivity contribution in [1.82, 2.24) is 24.3 Å². The van der Waals surface area contributed by atoms with Crippen LogP contribution in [-0.2, 0) is 4.79 Å². The van der Waals surface area contributed by atoms with Crippen molar-refractivity contribution in [3.63, 3.8) is 0 Å². The summed E-state index contributed by atoms with van der Waals surface area (Å²) in [6.07, 6.45) is 7.07. The molecule has 3 aromatic rings. The molecular formula is C20H19ClN6O3. The number of halogens is 1. The SMILES string of the molecule is CC(Oc1cc(Cl)ncn1)c1cn2cc(C3CC3)cc(N3CC(=O)N(C)C3=O)c2n1. The Morgan fingerprint density at radius 2 is 2.00 bits per heavy atom. The highest BCUT2D eigenvalue weighted by Crippen LogP contribution is 2.42. The third-order valence-corrected chi connectivity index (χ3v) is 5.63. The van der Waals surface area contributed by atoms with Gasteiger partial charge in [0.25, 0.3) is 0 Å². The van der Waals surface area contributed by atoms with Crippen molar-refractivity contribution in [2.75, 3.05) is 18.5 Å². The van der Waals surface area contributed by atoms with Gasteiger partial charge in [-0.05, 0) is 37.3 Å². The van der Waals surface area contributed by atoms with E-state index in [1.807, 2.05) is 29.8 Å². The quantitative estimate of drug-likeness (QED) is 0.459. The molecular weight excluding hydrogens is 408 g/mol. The molecule has 154 valence electrons. The fourth-order valence-corrected chi connectivity index (χ4v) is 3.70. The number of ether oxygens (including phenoxy) is 1. The summed E-state index contributed by atoms with van der Waals surface area (Å²) in [5.74, 6) is 0.585. The number of carbonyl (C=O) groups is 2. The molecule has 1 unspecified atom stereocenters. The molecule has 30 heavy (non-hydrogen) atoms. The summed E-state index contributed by atoms with van der Waals surface area (Å²) < 4.78 is 7.77. The number of amides is 3. The zero-order chi connectivity index (χ0) is 21.0. The van der Waals surface area contributed by atoms with Gasteiger partial charge in [0.05, 0.1) is 11.4 Å². The molecule has 1 aliphatic carbocycles. The van der Waals surface area contributed by atoms with Gasteiger partial charge in [-0.25, -0.2) is 19.7 Å². The predicted molar refractivity (Wildman–Crippen MR) is 109 cm³/mol. The van der Waals surface area contributed by atoms with Gasteiger partial charge in [0, 0.05) is 25.5 Å². The van der Waals surface area contributed by atoms with Gasteiger partial charge in [-0.15, -0.1) is 0 Å². The smallest absolute Gasteiger partial charge is 0.331 e. The van der Waals surface area contributed by atoms with E-state index >= 15 is 0 Å². The number of imidazole rings is 1. The number of imide groups is 1. The fourth-order valence-electron chi connectivity index (χ4n) is 3.56. The molecule has 0 aromatic carbocycles. The second kappa shape index (κ2) is 6.94. The van der Waals surface area contributed by atoms with E-state index in [4.69, 9.17) is 21.3 Å². The molecule has 1 atom stereocenters. The van der Waals surface area contributed by atoms with Crippen LogP contribution < -0.4 is 9.64 Å². The van der Waals surface area contributed by atoms with Gasteiger partial charge in [-0.1, -0.05) is 11.6 Å². The van der Waals surface area contributed by atoms with Crippen molar-refractivity contribution in [2.45, 2.75) is 31.8 Å². The lowest BCUT2D eigenvalue weighted by atomic mass is 10.1. The van der Waals surface area contributed by atoms with E-state index < -0.39 is 6.10 Å². The minimum absolute atomic E-state index is 0.00674. The molecule has 0 bridgehead atoms. The maximum Gasteiger partial charge on any atom is 0.331 e. The van der Waals surface area contributed by atoms with Crippen LogP contribution in [0.4, 0.5) is 10.5 Å². The average molecular weight is 427 g/mol. The molecule has 5 rings (SSSR count). The van der Waals surface area contributed by atoms with Crippen LogP contribution in [-0.4, -0.2) is 49.8 Å². The first-order valence-electron chi connectivity index (χ1n) is 9.65. The minimum atomic E-state index is -0.410. The number of fused-ring (bicyclic) bond motifs is 1. The molecule has 3 aromatic heterocycles. The maximum atomic E-state index is 12.6. The van der Waals surface area contributed by atoms with Crippen molar-refractivity contribution in [2.24, 2.45) is 0 Å². The number of rotatable bonds is 5. The number of hydrogen-bond donors (Lipinski definition) is 0. The second-order valence-corrected chi connectivity index (χ2v) is 7.98. The number of nitrogens with zero attached hydrogens (tertiary/aromatic N) is 6. The highest BCUT2D eigenvalue weighted by atomic mass is 35.5. The predicted octanol–water partition coefficient (Wildman–Crippen LogP) is 3.19. The molecule has 0 spiro atoms. The third kappa shape index (κ3) is 3.24. The monoisotopic (exact) mass is 426 g/mol. The summed E-state index contributed by atoms with van der Waals surface area (Å²) >= 11 is 5.90. The molecule has 0 N–H and O–H groups in total. The topological polar surface area (TPSA) is 92.9 Å². The van der Waals surface area contributed by atoms with Crippen LogP contribution in [0.2, 0.25) is 5.15 Å². The summed E-state index contributed by atoms with van der Waals surface area (Å²) in [7, 11) is 1.49. The van der Waals surface area contributed by atoms with Gasteiger partial charge < -0.3 is 9.14 Å².